The molecule has 16 heteroatoms. The number of halogens is 2. The molecule has 1 spiro atoms. The number of fused-ring (bicyclic) bond motifs is 5. The molecular weight excluding hydrogens is 862 g/mol. The summed E-state index contributed by atoms with van der Waals surface area (Å²) in [5.41, 5.74) is 2.81. The van der Waals surface area contributed by atoms with Gasteiger partial charge in [-0.1, -0.05) is 91.0 Å². The minimum atomic E-state index is -1.33. The van der Waals surface area contributed by atoms with Gasteiger partial charge in [0.2, 0.25) is 0 Å². The molecule has 57 heavy (non-hydrogen) atoms. The highest BCUT2D eigenvalue weighted by molar-refractivity contribution is 9.13. The van der Waals surface area contributed by atoms with Gasteiger partial charge in [-0.3, -0.25) is 13.9 Å². The van der Waals surface area contributed by atoms with E-state index >= 15 is 0 Å². The number of aromatic nitrogens is 3. The molecule has 0 saturated carbocycles. The summed E-state index contributed by atoms with van der Waals surface area (Å²) in [6.07, 6.45) is -0.966. The third kappa shape index (κ3) is 6.57. The van der Waals surface area contributed by atoms with Crippen LogP contribution in [-0.4, -0.2) is 55.4 Å². The van der Waals surface area contributed by atoms with Crippen molar-refractivity contribution in [1.29, 1.82) is 0 Å². The molecule has 2 aromatic heterocycles. The van der Waals surface area contributed by atoms with E-state index in [4.69, 9.17) is 14.2 Å². The topological polar surface area (TPSA) is 150 Å². The number of amides is 4. The van der Waals surface area contributed by atoms with Crippen LogP contribution in [0.15, 0.2) is 111 Å². The Kier molecular flexibility index (Phi) is 10.0. The summed E-state index contributed by atoms with van der Waals surface area (Å²) in [6, 6.07) is 30.1. The molecule has 294 valence electrons. The van der Waals surface area contributed by atoms with Gasteiger partial charge in [-0.05, 0) is 72.9 Å². The van der Waals surface area contributed by atoms with E-state index in [-0.39, 0.29) is 69.8 Å². The molecule has 0 radical (unpaired) electrons. The van der Waals surface area contributed by atoms with Crippen molar-refractivity contribution >= 4 is 49.9 Å². The Morgan fingerprint density at radius 2 is 1.42 bits per heavy atom. The van der Waals surface area contributed by atoms with Gasteiger partial charge in [0, 0.05) is 18.8 Å². The molecule has 0 bridgehead atoms. The quantitative estimate of drug-likeness (QED) is 0.143. The van der Waals surface area contributed by atoms with Crippen LogP contribution in [0.2, 0.25) is 0 Å². The van der Waals surface area contributed by atoms with Gasteiger partial charge in [-0.2, -0.15) is 0 Å². The van der Waals surface area contributed by atoms with Crippen LogP contribution in [-0.2, 0) is 53.9 Å². The summed E-state index contributed by atoms with van der Waals surface area (Å²) >= 11 is 7.23. The maximum Gasteiger partial charge on any atom is 0.407 e. The fraction of sp³-hybridized carbons (Fsp3) is 0.317. The van der Waals surface area contributed by atoms with Gasteiger partial charge in [0.25, 0.3) is 5.91 Å². The first-order valence-electron chi connectivity index (χ1n) is 18.7. The molecule has 5 atom stereocenters. The molecule has 4 amide bonds. The molecule has 1 aliphatic carbocycles. The second-order valence-corrected chi connectivity index (χ2v) is 16.3. The number of benzene rings is 3. The number of urea groups is 1. The highest BCUT2D eigenvalue weighted by Gasteiger charge is 2.70. The number of nitrogens with one attached hydrogen (secondary N) is 3. The van der Waals surface area contributed by atoms with Gasteiger partial charge in [0.1, 0.15) is 30.4 Å². The molecule has 4 aliphatic rings. The first-order chi connectivity index (χ1) is 27.7. The number of hydrogen-bond acceptors (Lipinski definition) is 7. The van der Waals surface area contributed by atoms with E-state index in [0.717, 1.165) is 16.7 Å². The zero-order valence-electron chi connectivity index (χ0n) is 30.6. The van der Waals surface area contributed by atoms with Gasteiger partial charge in [-0.25, -0.2) is 14.4 Å². The number of nitrogens with zero attached hydrogens (tertiary/aromatic N) is 4. The summed E-state index contributed by atoms with van der Waals surface area (Å²) in [5.74, 6) is -1.49. The van der Waals surface area contributed by atoms with E-state index < -0.39 is 29.9 Å². The molecule has 5 heterocycles. The smallest absolute Gasteiger partial charge is 0.407 e. The Hall–Kier alpha value is -5.16. The first-order valence-corrected chi connectivity index (χ1v) is 20.3. The molecule has 3 N–H and O–H groups in total. The summed E-state index contributed by atoms with van der Waals surface area (Å²) < 4.78 is 24.3. The summed E-state index contributed by atoms with van der Waals surface area (Å²) in [4.78, 5) is 57.9. The molecule has 3 aromatic carbocycles. The van der Waals surface area contributed by atoms with Gasteiger partial charge in [0.15, 0.2) is 11.8 Å². The second kappa shape index (κ2) is 15.3. The number of carbonyl (C=O) groups is 3. The number of ether oxygens (including phenoxy) is 3. The van der Waals surface area contributed by atoms with E-state index in [1.165, 1.54) is 0 Å². The third-order valence-corrected chi connectivity index (χ3v) is 13.5. The molecule has 3 aliphatic heterocycles. The van der Waals surface area contributed by atoms with Crippen molar-refractivity contribution in [3.8, 4) is 0 Å². The van der Waals surface area contributed by atoms with Crippen LogP contribution in [0.1, 0.15) is 50.7 Å². The lowest BCUT2D eigenvalue weighted by Crippen LogP contribution is -2.65. The summed E-state index contributed by atoms with van der Waals surface area (Å²) in [5, 5.41) is 9.27. The van der Waals surface area contributed by atoms with Crippen LogP contribution in [0.5, 0.6) is 0 Å². The molecule has 9 rings (SSSR count). The van der Waals surface area contributed by atoms with Crippen molar-refractivity contribution in [2.24, 2.45) is 11.8 Å². The van der Waals surface area contributed by atoms with E-state index in [1.54, 1.807) is 24.7 Å². The number of rotatable bonds is 12. The van der Waals surface area contributed by atoms with Crippen LogP contribution in [0.3, 0.4) is 0 Å². The maximum absolute atomic E-state index is 14.7. The zero-order valence-corrected chi connectivity index (χ0v) is 33.8. The predicted octanol–water partition coefficient (Wildman–Crippen LogP) is 5.80. The standard InChI is InChI=1S/C41H39Br2N7O7/c42-30-17-32-36(51)49-19-29-28(18-44-39(53)57-22-27-14-8-3-9-15-27)16-31-34(33(29)41(49)37(45-38(52)46-41)50(32)35(30)43)48(24-56-21-26-12-6-2-7-13-26)40(54)47(31)23-55-20-25-10-4-1-5-11-25/h1-15,17,28-29,33,37H,16,18-24H2,(H,44,53)(H2,45,46,52)/t28-,29-,33+,37+,41-/m1/s1. The van der Waals surface area contributed by atoms with Crippen LogP contribution in [0, 0.1) is 11.8 Å². The largest absolute Gasteiger partial charge is 0.445 e. The minimum Gasteiger partial charge on any atom is -0.445 e. The number of hydrogen-bond donors (Lipinski definition) is 3. The first kappa shape index (κ1) is 37.4. The lowest BCUT2D eigenvalue weighted by Gasteiger charge is -2.47. The van der Waals surface area contributed by atoms with E-state index in [9.17, 15) is 19.2 Å². The highest BCUT2D eigenvalue weighted by atomic mass is 79.9. The van der Waals surface area contributed by atoms with Crippen LogP contribution in [0.25, 0.3) is 0 Å². The fourth-order valence-electron chi connectivity index (χ4n) is 9.06. The average molecular weight is 902 g/mol. The molecule has 0 unspecified atom stereocenters. The second-order valence-electron chi connectivity index (χ2n) is 14.7. The third-order valence-electron chi connectivity index (χ3n) is 11.5. The Labute approximate surface area is 344 Å². The van der Waals surface area contributed by atoms with Crippen LogP contribution in [0.4, 0.5) is 9.59 Å². The van der Waals surface area contributed by atoms with E-state index in [0.29, 0.717) is 32.6 Å². The zero-order chi connectivity index (χ0) is 39.3. The average Bonchev–Trinajstić information content (AvgIpc) is 3.93. The van der Waals surface area contributed by atoms with Gasteiger partial charge < -0.3 is 39.6 Å². The van der Waals surface area contributed by atoms with Crippen LogP contribution >= 0.6 is 31.9 Å². The van der Waals surface area contributed by atoms with Crippen molar-refractivity contribution in [2.75, 3.05) is 13.1 Å². The van der Waals surface area contributed by atoms with E-state index in [2.05, 4.69) is 47.8 Å². The number of alkyl carbamates (subject to hydrolysis) is 1. The highest BCUT2D eigenvalue weighted by Crippen LogP contribution is 2.59. The van der Waals surface area contributed by atoms with Crippen LogP contribution < -0.4 is 21.6 Å². The van der Waals surface area contributed by atoms with Gasteiger partial charge in [0.05, 0.1) is 29.3 Å². The molecule has 14 nitrogen and oxygen atoms in total. The monoisotopic (exact) mass is 899 g/mol. The maximum atomic E-state index is 14.7. The lowest BCUT2D eigenvalue weighted by molar-refractivity contribution is 0.0210. The van der Waals surface area contributed by atoms with E-state index in [1.807, 2.05) is 91.0 Å². The SMILES string of the molecule is O=C1N[C@H]2n3c(cc(Br)c3Br)C(=O)N3C[C@@H]4[C@@H](CNC(=O)OCc5ccccc5)Cc5c(n(COCc6ccccc6)c(=O)n5COCc5ccccc5)[C@H]4[C@]23N1. The van der Waals surface area contributed by atoms with Gasteiger partial charge >= 0.3 is 17.8 Å². The Bertz CT molecular complexity index is 2390. The Morgan fingerprint density at radius 1 is 0.825 bits per heavy atom. The fourth-order valence-corrected chi connectivity index (χ4v) is 9.98. The van der Waals surface area contributed by atoms with Crippen molar-refractivity contribution in [3.05, 3.63) is 150 Å². The lowest BCUT2D eigenvalue weighted by atomic mass is 9.69. The number of imidazole rings is 1. The Balaban J connectivity index is 1.12. The summed E-state index contributed by atoms with van der Waals surface area (Å²) in [6.45, 7) is 0.938. The van der Waals surface area contributed by atoms with Crippen molar-refractivity contribution < 1.29 is 28.6 Å². The normalized spacial score (nSPS) is 22.8. The predicted molar refractivity (Wildman–Crippen MR) is 214 cm³/mol. The van der Waals surface area contributed by atoms with Crippen molar-refractivity contribution in [3.63, 3.8) is 0 Å². The molecule has 2 fully saturated rings. The minimum absolute atomic E-state index is 0.0532. The van der Waals surface area contributed by atoms with Crippen molar-refractivity contribution in [2.45, 2.75) is 57.4 Å². The van der Waals surface area contributed by atoms with Gasteiger partial charge in [-0.15, -0.1) is 0 Å². The summed E-state index contributed by atoms with van der Waals surface area (Å²) in [7, 11) is 0. The Morgan fingerprint density at radius 3 is 2.05 bits per heavy atom. The van der Waals surface area contributed by atoms with Crippen molar-refractivity contribution in [1.82, 2.24) is 34.6 Å². The molecule has 2 saturated heterocycles. The molecular formula is C41H39Br2N7O7. The number of carbonyl (C=O) groups excluding carboxylic acids is 3. The molecule has 5 aromatic rings.